The normalized spacial score (nSPS) is 19.0. The van der Waals surface area contributed by atoms with E-state index >= 15 is 0 Å². The Hall–Kier alpha value is -1.94. The van der Waals surface area contributed by atoms with Gasteiger partial charge in [0, 0.05) is 31.6 Å². The highest BCUT2D eigenvalue weighted by molar-refractivity contribution is 6.34. The zero-order chi connectivity index (χ0) is 17.7. The van der Waals surface area contributed by atoms with Crippen molar-refractivity contribution in [1.29, 1.82) is 0 Å². The molecule has 0 bridgehead atoms. The number of nitro groups is 1. The molecular weight excluding hydrogens is 375 g/mol. The topological polar surface area (TPSA) is 134 Å². The van der Waals surface area contributed by atoms with Crippen molar-refractivity contribution in [2.75, 3.05) is 26.2 Å². The number of nitrogens with one attached hydrogen (secondary N) is 3. The lowest BCUT2D eigenvalue weighted by molar-refractivity contribution is -0.385. The molecular formula is C14H18Cl2N4O5. The summed E-state index contributed by atoms with van der Waals surface area (Å²) in [6.45, 7) is 1.000. The first-order valence-corrected chi connectivity index (χ1v) is 7.64. The third-order valence-corrected chi connectivity index (χ3v) is 4.01. The van der Waals surface area contributed by atoms with E-state index in [0.717, 1.165) is 6.07 Å². The molecule has 4 N–H and O–H groups in total. The number of aliphatic hydroxyl groups is 1. The maximum atomic E-state index is 12.1. The number of halogens is 2. The number of aliphatic hydroxyl groups excluding tert-OH is 1. The predicted molar refractivity (Wildman–Crippen MR) is 93.1 cm³/mol. The number of benzene rings is 1. The van der Waals surface area contributed by atoms with E-state index < -0.39 is 28.5 Å². The van der Waals surface area contributed by atoms with Gasteiger partial charge in [0.15, 0.2) is 0 Å². The van der Waals surface area contributed by atoms with Gasteiger partial charge >= 0.3 is 0 Å². The fourth-order valence-corrected chi connectivity index (χ4v) is 2.63. The quantitative estimate of drug-likeness (QED) is 0.400. The van der Waals surface area contributed by atoms with Gasteiger partial charge in [-0.2, -0.15) is 0 Å². The maximum absolute atomic E-state index is 12.1. The first-order chi connectivity index (χ1) is 11.4. The number of nitro benzene ring substituents is 1. The van der Waals surface area contributed by atoms with E-state index in [0.29, 0.717) is 13.1 Å². The molecule has 1 heterocycles. The molecule has 11 heteroatoms. The number of carbonyl (C=O) groups excluding carboxylic acids is 2. The van der Waals surface area contributed by atoms with Crippen molar-refractivity contribution in [1.82, 2.24) is 16.0 Å². The van der Waals surface area contributed by atoms with E-state index in [1.165, 1.54) is 12.1 Å². The van der Waals surface area contributed by atoms with Crippen LogP contribution in [-0.4, -0.2) is 54.1 Å². The van der Waals surface area contributed by atoms with Gasteiger partial charge in [-0.05, 0) is 6.07 Å². The smallest absolute Gasteiger partial charge is 0.283 e. The van der Waals surface area contributed by atoms with Gasteiger partial charge in [-0.25, -0.2) is 0 Å². The molecule has 0 spiro atoms. The molecule has 1 aromatic carbocycles. The highest BCUT2D eigenvalue weighted by atomic mass is 35.5. The molecule has 1 aliphatic heterocycles. The van der Waals surface area contributed by atoms with Crippen molar-refractivity contribution in [2.45, 2.75) is 6.10 Å². The number of rotatable bonds is 6. The average molecular weight is 393 g/mol. The maximum Gasteiger partial charge on any atom is 0.283 e. The third-order valence-electron chi connectivity index (χ3n) is 3.69. The van der Waals surface area contributed by atoms with Crippen molar-refractivity contribution in [3.63, 3.8) is 0 Å². The molecule has 2 rings (SSSR count). The summed E-state index contributed by atoms with van der Waals surface area (Å²) in [7, 11) is 0. The number of hydrogen-bond donors (Lipinski definition) is 4. The monoisotopic (exact) mass is 392 g/mol. The summed E-state index contributed by atoms with van der Waals surface area (Å²) in [5, 5.41) is 28.4. The van der Waals surface area contributed by atoms with Gasteiger partial charge in [0.1, 0.15) is 5.56 Å². The average Bonchev–Trinajstić information content (AvgIpc) is 2.95. The number of nitrogens with zero attached hydrogens (tertiary/aromatic N) is 1. The fraction of sp³-hybridized carbons (Fsp3) is 0.429. The van der Waals surface area contributed by atoms with E-state index in [1.54, 1.807) is 0 Å². The lowest BCUT2D eigenvalue weighted by Gasteiger charge is -2.14. The second-order valence-corrected chi connectivity index (χ2v) is 5.77. The molecule has 1 saturated heterocycles. The molecule has 0 radical (unpaired) electrons. The molecule has 2 atom stereocenters. The molecule has 2 unspecified atom stereocenters. The number of amides is 2. The van der Waals surface area contributed by atoms with E-state index in [4.69, 9.17) is 11.6 Å². The minimum absolute atomic E-state index is 0. The molecule has 0 saturated carbocycles. The molecule has 138 valence electrons. The van der Waals surface area contributed by atoms with Gasteiger partial charge in [0.2, 0.25) is 5.91 Å². The standard InChI is InChI=1S/C14H17ClN4O5.ClH/c15-9-2-1-3-10(19(23)24)13(9)14(22)18-7-12(21)17-5-8-4-16-6-11(8)20;/h1-3,8,11,16,20H,4-7H2,(H,17,21)(H,18,22);1H. The summed E-state index contributed by atoms with van der Waals surface area (Å²) in [6, 6.07) is 3.89. The molecule has 1 aliphatic rings. The SMILES string of the molecule is Cl.O=C(CNC(=O)c1c(Cl)cccc1[N+](=O)[O-])NCC1CNCC1O. The lowest BCUT2D eigenvalue weighted by atomic mass is 10.1. The fourth-order valence-electron chi connectivity index (χ4n) is 2.37. The van der Waals surface area contributed by atoms with E-state index in [-0.39, 0.29) is 42.0 Å². The molecule has 1 fully saturated rings. The van der Waals surface area contributed by atoms with Crippen LogP contribution in [0.25, 0.3) is 0 Å². The van der Waals surface area contributed by atoms with Crippen molar-refractivity contribution in [3.8, 4) is 0 Å². The molecule has 0 aromatic heterocycles. The van der Waals surface area contributed by atoms with Crippen LogP contribution in [0, 0.1) is 16.0 Å². The third kappa shape index (κ3) is 5.53. The van der Waals surface area contributed by atoms with Crippen LogP contribution in [0.3, 0.4) is 0 Å². The minimum Gasteiger partial charge on any atom is -0.391 e. The van der Waals surface area contributed by atoms with Crippen molar-refractivity contribution in [2.24, 2.45) is 5.92 Å². The summed E-state index contributed by atoms with van der Waals surface area (Å²) in [4.78, 5) is 34.1. The Morgan fingerprint density at radius 1 is 1.36 bits per heavy atom. The highest BCUT2D eigenvalue weighted by Gasteiger charge is 2.26. The van der Waals surface area contributed by atoms with Crippen molar-refractivity contribution < 1.29 is 19.6 Å². The summed E-state index contributed by atoms with van der Waals surface area (Å²) in [5.41, 5.74) is -0.715. The summed E-state index contributed by atoms with van der Waals surface area (Å²) < 4.78 is 0. The van der Waals surface area contributed by atoms with Gasteiger partial charge in [0.05, 0.1) is 22.6 Å². The van der Waals surface area contributed by atoms with Crippen molar-refractivity contribution >= 4 is 41.5 Å². The van der Waals surface area contributed by atoms with Crippen LogP contribution in [0.4, 0.5) is 5.69 Å². The van der Waals surface area contributed by atoms with Crippen LogP contribution in [-0.2, 0) is 4.79 Å². The minimum atomic E-state index is -0.801. The van der Waals surface area contributed by atoms with E-state index in [2.05, 4.69) is 16.0 Å². The first kappa shape index (κ1) is 21.1. The molecule has 25 heavy (non-hydrogen) atoms. The van der Waals surface area contributed by atoms with Crippen LogP contribution in [0.15, 0.2) is 18.2 Å². The van der Waals surface area contributed by atoms with E-state index in [1.807, 2.05) is 0 Å². The zero-order valence-corrected chi connectivity index (χ0v) is 14.6. The largest absolute Gasteiger partial charge is 0.391 e. The van der Waals surface area contributed by atoms with Gasteiger partial charge in [0.25, 0.3) is 11.6 Å². The van der Waals surface area contributed by atoms with Crippen LogP contribution >= 0.6 is 24.0 Å². The van der Waals surface area contributed by atoms with Crippen LogP contribution in [0.2, 0.25) is 5.02 Å². The Morgan fingerprint density at radius 2 is 2.08 bits per heavy atom. The number of carbonyl (C=O) groups is 2. The zero-order valence-electron chi connectivity index (χ0n) is 13.0. The lowest BCUT2D eigenvalue weighted by Crippen LogP contribution is -2.40. The summed E-state index contributed by atoms with van der Waals surface area (Å²) in [6.07, 6.45) is -0.523. The van der Waals surface area contributed by atoms with E-state index in [9.17, 15) is 24.8 Å². The first-order valence-electron chi connectivity index (χ1n) is 7.26. The van der Waals surface area contributed by atoms with Crippen molar-refractivity contribution in [3.05, 3.63) is 38.9 Å². The summed E-state index contributed by atoms with van der Waals surface area (Å²) in [5.74, 6) is -1.35. The van der Waals surface area contributed by atoms with Crippen LogP contribution in [0.1, 0.15) is 10.4 Å². The van der Waals surface area contributed by atoms with Gasteiger partial charge in [-0.1, -0.05) is 17.7 Å². The Balaban J connectivity index is 0.00000312. The van der Waals surface area contributed by atoms with Gasteiger partial charge in [-0.3, -0.25) is 19.7 Å². The molecule has 9 nitrogen and oxygen atoms in total. The number of β-amino-alcohol motifs (C(OH)–C–C–N with tert-alkyl or cyclic N) is 1. The van der Waals surface area contributed by atoms with Crippen LogP contribution in [0.5, 0.6) is 0 Å². The Kier molecular flexibility index (Phi) is 8.04. The summed E-state index contributed by atoms with van der Waals surface area (Å²) >= 11 is 5.85. The van der Waals surface area contributed by atoms with Gasteiger partial charge < -0.3 is 21.1 Å². The second kappa shape index (κ2) is 9.52. The Morgan fingerprint density at radius 3 is 2.68 bits per heavy atom. The Bertz CT molecular complexity index is 658. The Labute approximate surface area is 154 Å². The van der Waals surface area contributed by atoms with Gasteiger partial charge in [-0.15, -0.1) is 12.4 Å². The number of hydrogen-bond acceptors (Lipinski definition) is 6. The molecule has 1 aromatic rings. The molecule has 0 aliphatic carbocycles. The molecule has 2 amide bonds. The highest BCUT2D eigenvalue weighted by Crippen LogP contribution is 2.25. The predicted octanol–water partition coefficient (Wildman–Crippen LogP) is 0.0963. The second-order valence-electron chi connectivity index (χ2n) is 5.36. The van der Waals surface area contributed by atoms with Crippen LogP contribution < -0.4 is 16.0 Å².